The molecule has 0 atom stereocenters. The molecule has 3 heterocycles. The third kappa shape index (κ3) is 4.06. The van der Waals surface area contributed by atoms with Gasteiger partial charge in [-0.3, -0.25) is 4.79 Å². The van der Waals surface area contributed by atoms with E-state index < -0.39 is 0 Å². The van der Waals surface area contributed by atoms with Crippen molar-refractivity contribution in [2.24, 2.45) is 0 Å². The number of nitrogens with one attached hydrogen (secondary N) is 1. The lowest BCUT2D eigenvalue weighted by Crippen LogP contribution is -2.28. The van der Waals surface area contributed by atoms with Crippen LogP contribution < -0.4 is 10.1 Å². The second-order valence-electron chi connectivity index (χ2n) is 6.23. The van der Waals surface area contributed by atoms with E-state index in [1.165, 1.54) is 28.0 Å². The first-order chi connectivity index (χ1) is 14.0. The number of carbonyl (C=O) groups excluding carboxylic acids is 1. The van der Waals surface area contributed by atoms with Gasteiger partial charge in [-0.15, -0.1) is 26.6 Å². The highest BCUT2D eigenvalue weighted by molar-refractivity contribution is 7.13. The minimum absolute atomic E-state index is 0.174. The summed E-state index contributed by atoms with van der Waals surface area (Å²) in [7, 11) is 0. The van der Waals surface area contributed by atoms with Gasteiger partial charge < -0.3 is 10.1 Å². The standard InChI is InChI=1S/C19H17FN6O2S/c1-11-17(29-12(2)22-11)19(27)21-8-9-28-16-7-6-15-23-24-18(26(15)25-16)13-4-3-5-14(20)10-13/h3-7,10H,8-9H2,1-2H3,(H,21,27). The fourth-order valence-corrected chi connectivity index (χ4v) is 3.64. The van der Waals surface area contributed by atoms with E-state index in [-0.39, 0.29) is 18.3 Å². The monoisotopic (exact) mass is 412 g/mol. The molecule has 1 amide bonds. The zero-order valence-electron chi connectivity index (χ0n) is 15.7. The summed E-state index contributed by atoms with van der Waals surface area (Å²) in [6.07, 6.45) is 0. The topological polar surface area (TPSA) is 94.3 Å². The Morgan fingerprint density at radius 3 is 2.86 bits per heavy atom. The second-order valence-corrected chi connectivity index (χ2v) is 7.43. The van der Waals surface area contributed by atoms with Crippen LogP contribution in [0.5, 0.6) is 5.88 Å². The molecule has 0 unspecified atom stereocenters. The molecule has 0 fully saturated rings. The first-order valence-electron chi connectivity index (χ1n) is 8.85. The number of thiazole rings is 1. The van der Waals surface area contributed by atoms with Gasteiger partial charge in [0.2, 0.25) is 5.88 Å². The lowest BCUT2D eigenvalue weighted by molar-refractivity contribution is 0.0949. The molecule has 10 heteroatoms. The lowest BCUT2D eigenvalue weighted by Gasteiger charge is -2.07. The molecule has 0 spiro atoms. The number of hydrogen-bond donors (Lipinski definition) is 1. The van der Waals surface area contributed by atoms with Gasteiger partial charge in [-0.2, -0.15) is 4.52 Å². The maximum Gasteiger partial charge on any atom is 0.263 e. The molecule has 1 aromatic carbocycles. The predicted molar refractivity (Wildman–Crippen MR) is 106 cm³/mol. The first kappa shape index (κ1) is 18.9. The molecule has 0 saturated heterocycles. The van der Waals surface area contributed by atoms with Crippen molar-refractivity contribution >= 4 is 22.9 Å². The van der Waals surface area contributed by atoms with Crippen LogP contribution in [0.15, 0.2) is 36.4 Å². The third-order valence-corrected chi connectivity index (χ3v) is 5.14. The summed E-state index contributed by atoms with van der Waals surface area (Å²) in [4.78, 5) is 17.0. The van der Waals surface area contributed by atoms with E-state index in [0.717, 1.165) is 10.7 Å². The molecule has 0 aliphatic rings. The van der Waals surface area contributed by atoms with Crippen molar-refractivity contribution in [3.8, 4) is 17.3 Å². The Morgan fingerprint density at radius 1 is 1.24 bits per heavy atom. The molecule has 8 nitrogen and oxygen atoms in total. The van der Waals surface area contributed by atoms with Gasteiger partial charge in [0, 0.05) is 11.6 Å². The van der Waals surface area contributed by atoms with Crippen LogP contribution in [0.4, 0.5) is 4.39 Å². The molecule has 3 aromatic heterocycles. The summed E-state index contributed by atoms with van der Waals surface area (Å²) in [6, 6.07) is 9.43. The van der Waals surface area contributed by atoms with E-state index in [0.29, 0.717) is 34.3 Å². The van der Waals surface area contributed by atoms with Crippen molar-refractivity contribution in [1.29, 1.82) is 0 Å². The lowest BCUT2D eigenvalue weighted by atomic mass is 10.2. The van der Waals surface area contributed by atoms with E-state index in [1.54, 1.807) is 24.3 Å². The molecule has 0 saturated carbocycles. The van der Waals surface area contributed by atoms with E-state index in [4.69, 9.17) is 4.74 Å². The molecule has 1 N–H and O–H groups in total. The molecule has 148 valence electrons. The molecule has 0 aliphatic carbocycles. The van der Waals surface area contributed by atoms with Gasteiger partial charge in [-0.1, -0.05) is 12.1 Å². The molecule has 4 aromatic rings. The smallest absolute Gasteiger partial charge is 0.263 e. The number of ether oxygens (including phenoxy) is 1. The van der Waals surface area contributed by atoms with E-state index in [9.17, 15) is 9.18 Å². The summed E-state index contributed by atoms with van der Waals surface area (Å²) in [6.45, 7) is 4.22. The second kappa shape index (κ2) is 7.92. The number of nitrogens with zero attached hydrogens (tertiary/aromatic N) is 5. The van der Waals surface area contributed by atoms with Gasteiger partial charge in [0.1, 0.15) is 17.3 Å². The fourth-order valence-electron chi connectivity index (χ4n) is 2.80. The van der Waals surface area contributed by atoms with Crippen molar-refractivity contribution in [2.75, 3.05) is 13.2 Å². The Balaban J connectivity index is 1.42. The van der Waals surface area contributed by atoms with Crippen molar-refractivity contribution in [1.82, 2.24) is 30.1 Å². The van der Waals surface area contributed by atoms with Gasteiger partial charge in [0.05, 0.1) is 17.2 Å². The van der Waals surface area contributed by atoms with Crippen LogP contribution in [0.2, 0.25) is 0 Å². The van der Waals surface area contributed by atoms with Gasteiger partial charge in [-0.25, -0.2) is 9.37 Å². The molecule has 0 bridgehead atoms. The SMILES string of the molecule is Cc1nc(C)c(C(=O)NCCOc2ccc3nnc(-c4cccc(F)c4)n3n2)s1. The summed E-state index contributed by atoms with van der Waals surface area (Å²) in [5.74, 6) is 0.212. The van der Waals surface area contributed by atoms with Gasteiger partial charge in [-0.05, 0) is 32.0 Å². The van der Waals surface area contributed by atoms with Crippen LogP contribution in [0.1, 0.15) is 20.4 Å². The number of aryl methyl sites for hydroxylation is 2. The number of carbonyl (C=O) groups is 1. The normalized spacial score (nSPS) is 11.0. The number of hydrogen-bond acceptors (Lipinski definition) is 7. The number of aromatic nitrogens is 5. The Labute approximate surface area is 169 Å². The van der Waals surface area contributed by atoms with Crippen molar-refractivity contribution in [3.63, 3.8) is 0 Å². The summed E-state index contributed by atoms with van der Waals surface area (Å²) in [5, 5.41) is 16.1. The minimum Gasteiger partial charge on any atom is -0.475 e. The van der Waals surface area contributed by atoms with Crippen molar-refractivity contribution < 1.29 is 13.9 Å². The van der Waals surface area contributed by atoms with Crippen molar-refractivity contribution in [2.45, 2.75) is 13.8 Å². The maximum absolute atomic E-state index is 13.5. The fraction of sp³-hybridized carbons (Fsp3) is 0.211. The summed E-state index contributed by atoms with van der Waals surface area (Å²) < 4.78 is 20.6. The molecule has 29 heavy (non-hydrogen) atoms. The van der Waals surface area contributed by atoms with Crippen molar-refractivity contribution in [3.05, 3.63) is 57.8 Å². The van der Waals surface area contributed by atoms with Crippen LogP contribution in [-0.4, -0.2) is 43.9 Å². The minimum atomic E-state index is -0.367. The van der Waals surface area contributed by atoms with E-state index >= 15 is 0 Å². The summed E-state index contributed by atoms with van der Waals surface area (Å²) >= 11 is 1.36. The maximum atomic E-state index is 13.5. The molecular weight excluding hydrogens is 395 g/mol. The number of halogens is 1. The zero-order chi connectivity index (χ0) is 20.4. The molecule has 0 radical (unpaired) electrons. The Kier molecular flexibility index (Phi) is 5.17. The van der Waals surface area contributed by atoms with Crippen LogP contribution >= 0.6 is 11.3 Å². The summed E-state index contributed by atoms with van der Waals surface area (Å²) in [5.41, 5.74) is 1.79. The van der Waals surface area contributed by atoms with Crippen LogP contribution in [0.3, 0.4) is 0 Å². The number of rotatable bonds is 6. The molecule has 0 aliphatic heterocycles. The van der Waals surface area contributed by atoms with Crippen LogP contribution in [0.25, 0.3) is 17.0 Å². The highest BCUT2D eigenvalue weighted by Gasteiger charge is 2.14. The number of fused-ring (bicyclic) bond motifs is 1. The van der Waals surface area contributed by atoms with E-state index in [2.05, 4.69) is 25.6 Å². The Bertz CT molecular complexity index is 1190. The third-order valence-electron chi connectivity index (χ3n) is 4.07. The first-order valence-corrected chi connectivity index (χ1v) is 9.66. The predicted octanol–water partition coefficient (Wildman–Crippen LogP) is 2.81. The zero-order valence-corrected chi connectivity index (χ0v) is 16.5. The molecular formula is C19H17FN6O2S. The molecule has 4 rings (SSSR count). The van der Waals surface area contributed by atoms with Gasteiger partial charge in [0.15, 0.2) is 11.5 Å². The largest absolute Gasteiger partial charge is 0.475 e. The number of amides is 1. The highest BCUT2D eigenvalue weighted by atomic mass is 32.1. The average molecular weight is 412 g/mol. The van der Waals surface area contributed by atoms with Gasteiger partial charge in [0.25, 0.3) is 5.91 Å². The number of benzene rings is 1. The Hall–Kier alpha value is -3.40. The Morgan fingerprint density at radius 2 is 2.10 bits per heavy atom. The van der Waals surface area contributed by atoms with E-state index in [1.807, 2.05) is 13.8 Å². The average Bonchev–Trinajstić information content (AvgIpc) is 3.27. The van der Waals surface area contributed by atoms with Crippen LogP contribution in [-0.2, 0) is 0 Å². The highest BCUT2D eigenvalue weighted by Crippen LogP contribution is 2.20. The quantitative estimate of drug-likeness (QED) is 0.490. The van der Waals surface area contributed by atoms with Gasteiger partial charge >= 0.3 is 0 Å². The van der Waals surface area contributed by atoms with Crippen LogP contribution in [0, 0.1) is 19.7 Å².